The molecule has 5 rings (SSSR count). The molecule has 8 heteroatoms. The van der Waals surface area contributed by atoms with Gasteiger partial charge in [0.1, 0.15) is 0 Å². The third kappa shape index (κ3) is 5.32. The molecule has 0 saturated heterocycles. The molecule has 1 aromatic rings. The van der Waals surface area contributed by atoms with Gasteiger partial charge in [0.05, 0.1) is 29.2 Å². The van der Waals surface area contributed by atoms with Crippen LogP contribution in [0.5, 0.6) is 0 Å². The Kier molecular flexibility index (Phi) is 7.65. The van der Waals surface area contributed by atoms with Gasteiger partial charge in [0, 0.05) is 11.5 Å². The van der Waals surface area contributed by atoms with E-state index in [4.69, 9.17) is 18.0 Å². The molecule has 0 bridgehead atoms. The number of fused-ring (bicyclic) bond motifs is 5. The molecule has 226 valence electrons. The number of aliphatic hydroxyl groups is 1. The van der Waals surface area contributed by atoms with E-state index in [0.717, 1.165) is 63.4 Å². The lowest BCUT2D eigenvalue weighted by Gasteiger charge is -2.64. The number of phosphoric acid groups is 1. The summed E-state index contributed by atoms with van der Waals surface area (Å²) in [5.41, 5.74) is -1.80. The van der Waals surface area contributed by atoms with E-state index in [-0.39, 0.29) is 34.4 Å². The average Bonchev–Trinajstić information content (AvgIpc) is 3.09. The molecule has 0 radical (unpaired) electrons. The zero-order chi connectivity index (χ0) is 29.4. The predicted molar refractivity (Wildman–Crippen MR) is 155 cm³/mol. The molecule has 0 aromatic carbocycles. The van der Waals surface area contributed by atoms with Crippen LogP contribution in [0.4, 0.5) is 0 Å². The topological polar surface area (TPSA) is 95.2 Å². The standard InChI is InChI=1S/C32H51O7P/c1-28(2,3)37-40(35,38-29(4,5)6)39-32-18-15-24(21-9-12-27(34)36-20-21)31(32,8)17-14-25-26(32)11-10-22-19-23(33)13-16-30(22,25)7/h9,12,20,22-26,33H,10-11,13-19H2,1-8H3/t22-,23+,24-,25+,26-,30+,31-,32+/m1/s1. The highest BCUT2D eigenvalue weighted by Crippen LogP contribution is 2.75. The van der Waals surface area contributed by atoms with E-state index in [1.165, 1.54) is 6.07 Å². The predicted octanol–water partition coefficient (Wildman–Crippen LogP) is 8.00. The van der Waals surface area contributed by atoms with Crippen molar-refractivity contribution in [1.82, 2.24) is 0 Å². The van der Waals surface area contributed by atoms with Gasteiger partial charge >= 0.3 is 13.4 Å². The molecular formula is C32H51O7P. The van der Waals surface area contributed by atoms with Crippen LogP contribution in [-0.4, -0.2) is 28.0 Å². The summed E-state index contributed by atoms with van der Waals surface area (Å²) in [6.07, 6.45) is 9.67. The summed E-state index contributed by atoms with van der Waals surface area (Å²) in [6, 6.07) is 3.39. The Morgan fingerprint density at radius 2 is 1.57 bits per heavy atom. The third-order valence-corrected chi connectivity index (χ3v) is 13.0. The molecule has 7 nitrogen and oxygen atoms in total. The molecule has 0 aliphatic heterocycles. The molecule has 4 saturated carbocycles. The van der Waals surface area contributed by atoms with Crippen LogP contribution in [0, 0.1) is 28.6 Å². The van der Waals surface area contributed by atoms with Crippen molar-refractivity contribution >= 4 is 7.82 Å². The fourth-order valence-corrected chi connectivity index (χ4v) is 11.7. The minimum atomic E-state index is -4.02. The van der Waals surface area contributed by atoms with Gasteiger partial charge in [-0.2, -0.15) is 0 Å². The Morgan fingerprint density at radius 1 is 0.900 bits per heavy atom. The molecule has 0 amide bonds. The SMILES string of the molecule is CC(C)(C)OP(=O)(OC(C)(C)C)O[C@]12CC[C@H](c3ccc(=O)oc3)[C@@]1(C)CC[C@H]1[C@H]2CC[C@@H]2C[C@@H](O)CC[C@@]21C. The first kappa shape index (κ1) is 30.5. The summed E-state index contributed by atoms with van der Waals surface area (Å²) in [6.45, 7) is 16.1. The van der Waals surface area contributed by atoms with Gasteiger partial charge in [0.15, 0.2) is 0 Å². The van der Waals surface area contributed by atoms with Crippen molar-refractivity contribution in [2.75, 3.05) is 0 Å². The van der Waals surface area contributed by atoms with E-state index in [2.05, 4.69) is 13.8 Å². The maximum Gasteiger partial charge on any atom is 0.476 e. The zero-order valence-electron chi connectivity index (χ0n) is 25.8. The van der Waals surface area contributed by atoms with Gasteiger partial charge in [-0.05, 0) is 140 Å². The number of rotatable bonds is 5. The van der Waals surface area contributed by atoms with Gasteiger partial charge in [-0.25, -0.2) is 9.36 Å². The lowest BCUT2D eigenvalue weighted by atomic mass is 9.43. The van der Waals surface area contributed by atoms with E-state index >= 15 is 0 Å². The van der Waals surface area contributed by atoms with Gasteiger partial charge in [-0.3, -0.25) is 13.6 Å². The van der Waals surface area contributed by atoms with Crippen LogP contribution in [0.15, 0.2) is 27.6 Å². The molecule has 0 spiro atoms. The highest BCUT2D eigenvalue weighted by Gasteiger charge is 2.70. The van der Waals surface area contributed by atoms with Crippen molar-refractivity contribution in [3.63, 3.8) is 0 Å². The lowest BCUT2D eigenvalue weighted by Crippen LogP contribution is -2.63. The second-order valence-corrected chi connectivity index (χ2v) is 17.1. The van der Waals surface area contributed by atoms with Crippen LogP contribution in [0.1, 0.15) is 125 Å². The quantitative estimate of drug-likeness (QED) is 0.354. The van der Waals surface area contributed by atoms with Crippen molar-refractivity contribution in [1.29, 1.82) is 0 Å². The first-order valence-corrected chi connectivity index (χ1v) is 16.8. The first-order chi connectivity index (χ1) is 18.4. The van der Waals surface area contributed by atoms with Crippen molar-refractivity contribution in [3.05, 3.63) is 34.4 Å². The summed E-state index contributed by atoms with van der Waals surface area (Å²) >= 11 is 0. The molecule has 1 aromatic heterocycles. The largest absolute Gasteiger partial charge is 0.476 e. The zero-order valence-corrected chi connectivity index (χ0v) is 26.7. The van der Waals surface area contributed by atoms with E-state index < -0.39 is 24.6 Å². The van der Waals surface area contributed by atoms with E-state index in [0.29, 0.717) is 11.8 Å². The Morgan fingerprint density at radius 3 is 2.17 bits per heavy atom. The van der Waals surface area contributed by atoms with E-state index in [1.807, 2.05) is 47.6 Å². The summed E-state index contributed by atoms with van der Waals surface area (Å²) in [4.78, 5) is 11.8. The van der Waals surface area contributed by atoms with Crippen molar-refractivity contribution in [3.8, 4) is 0 Å². The number of aliphatic hydroxyl groups excluding tert-OH is 1. The minimum Gasteiger partial charge on any atom is -0.431 e. The minimum absolute atomic E-state index is 0.0919. The second kappa shape index (κ2) is 10.0. The van der Waals surface area contributed by atoms with Crippen LogP contribution < -0.4 is 5.63 Å². The fraction of sp³-hybridized carbons (Fsp3) is 0.844. The van der Waals surface area contributed by atoms with Gasteiger partial charge in [-0.15, -0.1) is 0 Å². The smallest absolute Gasteiger partial charge is 0.431 e. The monoisotopic (exact) mass is 578 g/mol. The van der Waals surface area contributed by atoms with Crippen LogP contribution in [0.2, 0.25) is 0 Å². The van der Waals surface area contributed by atoms with E-state index in [1.54, 1.807) is 6.26 Å². The molecule has 0 unspecified atom stereocenters. The fourth-order valence-electron chi connectivity index (χ4n) is 9.42. The molecule has 8 atom stereocenters. The second-order valence-electron chi connectivity index (χ2n) is 15.7. The summed E-state index contributed by atoms with van der Waals surface area (Å²) in [7, 11) is -4.02. The van der Waals surface area contributed by atoms with Crippen LogP contribution in [0.25, 0.3) is 0 Å². The van der Waals surface area contributed by atoms with Crippen LogP contribution in [0.3, 0.4) is 0 Å². The van der Waals surface area contributed by atoms with Crippen molar-refractivity contribution in [2.45, 2.75) is 142 Å². The van der Waals surface area contributed by atoms with Crippen LogP contribution >= 0.6 is 7.82 Å². The Labute approximate surface area is 240 Å². The number of hydrogen-bond donors (Lipinski definition) is 1. The molecule has 40 heavy (non-hydrogen) atoms. The first-order valence-electron chi connectivity index (χ1n) is 15.4. The lowest BCUT2D eigenvalue weighted by molar-refractivity contribution is -0.204. The Balaban J connectivity index is 1.62. The summed E-state index contributed by atoms with van der Waals surface area (Å²) in [5.74, 6) is 1.16. The van der Waals surface area contributed by atoms with Gasteiger partial charge in [0.25, 0.3) is 0 Å². The summed E-state index contributed by atoms with van der Waals surface area (Å²) in [5, 5.41) is 10.5. The third-order valence-electron chi connectivity index (χ3n) is 10.9. The Hall–Kier alpha value is -0.980. The molecule has 4 aliphatic rings. The van der Waals surface area contributed by atoms with Gasteiger partial charge in [-0.1, -0.05) is 13.8 Å². The van der Waals surface area contributed by atoms with E-state index in [9.17, 15) is 14.5 Å². The normalized spacial score (nSPS) is 40.3. The Bertz CT molecular complexity index is 1160. The number of phosphoric ester groups is 1. The molecule has 1 N–H and O–H groups in total. The molecule has 4 aliphatic carbocycles. The average molecular weight is 579 g/mol. The summed E-state index contributed by atoms with van der Waals surface area (Å²) < 4.78 is 39.8. The molecular weight excluding hydrogens is 527 g/mol. The highest BCUT2D eigenvalue weighted by molar-refractivity contribution is 7.48. The van der Waals surface area contributed by atoms with Gasteiger partial charge in [0.2, 0.25) is 0 Å². The highest BCUT2D eigenvalue weighted by atomic mass is 31.2. The molecule has 4 fully saturated rings. The van der Waals surface area contributed by atoms with Crippen molar-refractivity contribution < 1.29 is 27.7 Å². The van der Waals surface area contributed by atoms with Crippen molar-refractivity contribution in [2.24, 2.45) is 28.6 Å². The maximum absolute atomic E-state index is 14.8. The van der Waals surface area contributed by atoms with Crippen LogP contribution in [-0.2, 0) is 18.1 Å². The maximum atomic E-state index is 14.8. The van der Waals surface area contributed by atoms with Gasteiger partial charge < -0.3 is 9.52 Å². The molecule has 1 heterocycles. The number of hydrogen-bond acceptors (Lipinski definition) is 7.